The number of H-pyrrole nitrogens is 1. The Labute approximate surface area is 112 Å². The van der Waals surface area contributed by atoms with Crippen molar-refractivity contribution in [2.24, 2.45) is 0 Å². The zero-order valence-corrected chi connectivity index (χ0v) is 11.8. The SMILES string of the molecule is COCCNCc1nc2ccc(S(C)(=O)=O)cc2[nH]1. The van der Waals surface area contributed by atoms with Gasteiger partial charge in [-0.2, -0.15) is 0 Å². The van der Waals surface area contributed by atoms with E-state index in [0.717, 1.165) is 23.4 Å². The van der Waals surface area contributed by atoms with Crippen molar-refractivity contribution in [3.05, 3.63) is 24.0 Å². The highest BCUT2D eigenvalue weighted by Crippen LogP contribution is 2.17. The van der Waals surface area contributed by atoms with E-state index in [2.05, 4.69) is 15.3 Å². The van der Waals surface area contributed by atoms with Gasteiger partial charge in [0.05, 0.1) is 29.1 Å². The first-order valence-corrected chi connectivity index (χ1v) is 7.78. The first kappa shape index (κ1) is 14.0. The van der Waals surface area contributed by atoms with Crippen LogP contribution in [0.5, 0.6) is 0 Å². The lowest BCUT2D eigenvalue weighted by Gasteiger charge is -2.00. The van der Waals surface area contributed by atoms with Crippen molar-refractivity contribution < 1.29 is 13.2 Å². The molecule has 1 aromatic heterocycles. The molecule has 1 heterocycles. The lowest BCUT2D eigenvalue weighted by molar-refractivity contribution is 0.199. The molecule has 0 unspecified atom stereocenters. The van der Waals surface area contributed by atoms with Crippen molar-refractivity contribution in [1.29, 1.82) is 0 Å². The molecular formula is C12H17N3O3S. The minimum Gasteiger partial charge on any atom is -0.383 e. The summed E-state index contributed by atoms with van der Waals surface area (Å²) in [6.07, 6.45) is 1.19. The zero-order valence-electron chi connectivity index (χ0n) is 10.9. The predicted molar refractivity (Wildman–Crippen MR) is 72.8 cm³/mol. The van der Waals surface area contributed by atoms with Crippen LogP contribution in [0.3, 0.4) is 0 Å². The fourth-order valence-electron chi connectivity index (χ4n) is 1.74. The quantitative estimate of drug-likeness (QED) is 0.763. The molecule has 0 spiro atoms. The number of benzene rings is 1. The van der Waals surface area contributed by atoms with Gasteiger partial charge in [0.2, 0.25) is 0 Å². The molecule has 0 saturated heterocycles. The number of hydrogen-bond acceptors (Lipinski definition) is 5. The largest absolute Gasteiger partial charge is 0.383 e. The van der Waals surface area contributed by atoms with Gasteiger partial charge in [-0.1, -0.05) is 0 Å². The first-order valence-electron chi connectivity index (χ1n) is 5.89. The summed E-state index contributed by atoms with van der Waals surface area (Å²) < 4.78 is 27.9. The van der Waals surface area contributed by atoms with E-state index in [1.807, 2.05) is 0 Å². The predicted octanol–water partition coefficient (Wildman–Crippen LogP) is 0.702. The number of aromatic amines is 1. The van der Waals surface area contributed by atoms with Gasteiger partial charge < -0.3 is 15.0 Å². The van der Waals surface area contributed by atoms with Crippen LogP contribution in [0, 0.1) is 0 Å². The second kappa shape index (κ2) is 5.68. The van der Waals surface area contributed by atoms with Crippen molar-refractivity contribution in [3.63, 3.8) is 0 Å². The Morgan fingerprint density at radius 2 is 2.21 bits per heavy atom. The average Bonchev–Trinajstić information content (AvgIpc) is 2.75. The van der Waals surface area contributed by atoms with Gasteiger partial charge in [0.15, 0.2) is 9.84 Å². The second-order valence-corrected chi connectivity index (χ2v) is 6.32. The first-order chi connectivity index (χ1) is 9.00. The highest BCUT2D eigenvalue weighted by Gasteiger charge is 2.09. The Bertz CT molecular complexity index is 664. The number of nitrogens with one attached hydrogen (secondary N) is 2. The molecule has 0 amide bonds. The van der Waals surface area contributed by atoms with Crippen LogP contribution >= 0.6 is 0 Å². The maximum atomic E-state index is 11.5. The van der Waals surface area contributed by atoms with E-state index in [1.54, 1.807) is 25.3 Å². The number of imidazole rings is 1. The molecule has 19 heavy (non-hydrogen) atoms. The molecule has 2 aromatic rings. The molecule has 0 bridgehead atoms. The van der Waals surface area contributed by atoms with Crippen molar-refractivity contribution in [1.82, 2.24) is 15.3 Å². The molecule has 0 saturated carbocycles. The minimum atomic E-state index is -3.19. The van der Waals surface area contributed by atoms with E-state index in [4.69, 9.17) is 4.74 Å². The molecule has 2 rings (SSSR count). The van der Waals surface area contributed by atoms with Gasteiger partial charge in [0, 0.05) is 19.9 Å². The molecule has 0 radical (unpaired) electrons. The third-order valence-corrected chi connectivity index (χ3v) is 3.82. The van der Waals surface area contributed by atoms with Gasteiger partial charge in [0.25, 0.3) is 0 Å². The number of hydrogen-bond donors (Lipinski definition) is 2. The number of methoxy groups -OCH3 is 1. The standard InChI is InChI=1S/C12H17N3O3S/c1-18-6-5-13-8-12-14-10-4-3-9(19(2,16)17)7-11(10)15-12/h3-4,7,13H,5-6,8H2,1-2H3,(H,14,15). The van der Waals surface area contributed by atoms with E-state index in [1.165, 1.54) is 6.26 Å². The minimum absolute atomic E-state index is 0.294. The monoisotopic (exact) mass is 283 g/mol. The summed E-state index contributed by atoms with van der Waals surface area (Å²) in [7, 11) is -1.54. The summed E-state index contributed by atoms with van der Waals surface area (Å²) in [6.45, 7) is 1.97. The van der Waals surface area contributed by atoms with Gasteiger partial charge in [-0.15, -0.1) is 0 Å². The Morgan fingerprint density at radius 3 is 2.89 bits per heavy atom. The molecule has 104 valence electrons. The summed E-state index contributed by atoms with van der Waals surface area (Å²) >= 11 is 0. The smallest absolute Gasteiger partial charge is 0.175 e. The molecular weight excluding hydrogens is 266 g/mol. The zero-order chi connectivity index (χ0) is 13.9. The number of aromatic nitrogens is 2. The molecule has 2 N–H and O–H groups in total. The molecule has 0 aliphatic carbocycles. The van der Waals surface area contributed by atoms with Crippen LogP contribution in [-0.4, -0.2) is 44.9 Å². The highest BCUT2D eigenvalue weighted by molar-refractivity contribution is 7.90. The van der Waals surface area contributed by atoms with Gasteiger partial charge in [-0.3, -0.25) is 0 Å². The van der Waals surface area contributed by atoms with Gasteiger partial charge in [-0.05, 0) is 18.2 Å². The maximum absolute atomic E-state index is 11.5. The van der Waals surface area contributed by atoms with E-state index >= 15 is 0 Å². The van der Waals surface area contributed by atoms with E-state index in [9.17, 15) is 8.42 Å². The summed E-state index contributed by atoms with van der Waals surface area (Å²) in [5.74, 6) is 0.775. The van der Waals surface area contributed by atoms with Crippen molar-refractivity contribution in [2.75, 3.05) is 26.5 Å². The average molecular weight is 283 g/mol. The maximum Gasteiger partial charge on any atom is 0.175 e. The van der Waals surface area contributed by atoms with E-state index in [0.29, 0.717) is 18.0 Å². The number of ether oxygens (including phenoxy) is 1. The normalized spacial score (nSPS) is 12.1. The Kier molecular flexibility index (Phi) is 4.18. The third-order valence-electron chi connectivity index (χ3n) is 2.71. The number of fused-ring (bicyclic) bond motifs is 1. The molecule has 7 heteroatoms. The fourth-order valence-corrected chi connectivity index (χ4v) is 2.38. The Hall–Kier alpha value is -1.44. The van der Waals surface area contributed by atoms with Gasteiger partial charge in [-0.25, -0.2) is 13.4 Å². The molecule has 0 atom stereocenters. The molecule has 6 nitrogen and oxygen atoms in total. The summed E-state index contributed by atoms with van der Waals surface area (Å²) in [6, 6.07) is 4.89. The topological polar surface area (TPSA) is 84.1 Å². The molecule has 0 aliphatic rings. The molecule has 0 aliphatic heterocycles. The van der Waals surface area contributed by atoms with Crippen LogP contribution in [0.2, 0.25) is 0 Å². The fraction of sp³-hybridized carbons (Fsp3) is 0.417. The van der Waals surface area contributed by atoms with Crippen molar-refractivity contribution in [2.45, 2.75) is 11.4 Å². The Balaban J connectivity index is 2.17. The summed E-state index contributed by atoms with van der Waals surface area (Å²) in [5.41, 5.74) is 1.49. The Morgan fingerprint density at radius 1 is 1.42 bits per heavy atom. The van der Waals surface area contributed by atoms with Crippen molar-refractivity contribution >= 4 is 20.9 Å². The van der Waals surface area contributed by atoms with Crippen LogP contribution in [-0.2, 0) is 21.1 Å². The molecule has 0 fully saturated rings. The van der Waals surface area contributed by atoms with Crippen LogP contribution in [0.15, 0.2) is 23.1 Å². The third kappa shape index (κ3) is 3.52. The van der Waals surface area contributed by atoms with Crippen LogP contribution in [0.4, 0.5) is 0 Å². The van der Waals surface area contributed by atoms with Crippen molar-refractivity contribution in [3.8, 4) is 0 Å². The van der Waals surface area contributed by atoms with Crippen LogP contribution < -0.4 is 5.32 Å². The summed E-state index contributed by atoms with van der Waals surface area (Å²) in [4.78, 5) is 7.78. The number of nitrogens with zero attached hydrogens (tertiary/aromatic N) is 1. The second-order valence-electron chi connectivity index (χ2n) is 4.30. The molecule has 1 aromatic carbocycles. The highest BCUT2D eigenvalue weighted by atomic mass is 32.2. The number of rotatable bonds is 6. The van der Waals surface area contributed by atoms with Gasteiger partial charge >= 0.3 is 0 Å². The van der Waals surface area contributed by atoms with Gasteiger partial charge in [0.1, 0.15) is 5.82 Å². The van der Waals surface area contributed by atoms with Crippen LogP contribution in [0.1, 0.15) is 5.82 Å². The lowest BCUT2D eigenvalue weighted by Crippen LogP contribution is -2.19. The van der Waals surface area contributed by atoms with E-state index < -0.39 is 9.84 Å². The summed E-state index contributed by atoms with van der Waals surface area (Å²) in [5, 5.41) is 3.17. The lowest BCUT2D eigenvalue weighted by atomic mass is 10.3. The van der Waals surface area contributed by atoms with E-state index in [-0.39, 0.29) is 0 Å². The number of sulfone groups is 1. The van der Waals surface area contributed by atoms with Crippen LogP contribution in [0.25, 0.3) is 11.0 Å².